The van der Waals surface area contributed by atoms with Crippen LogP contribution < -0.4 is 0 Å². The van der Waals surface area contributed by atoms with Crippen molar-refractivity contribution in [2.24, 2.45) is 0 Å². The number of hydrogen-bond acceptors (Lipinski definition) is 8. The van der Waals surface area contributed by atoms with Crippen molar-refractivity contribution in [1.82, 2.24) is 0 Å². The summed E-state index contributed by atoms with van der Waals surface area (Å²) in [6.07, 6.45) is -4.52. The highest BCUT2D eigenvalue weighted by Gasteiger charge is 2.49. The van der Waals surface area contributed by atoms with E-state index in [0.29, 0.717) is 0 Å². The molecule has 9 nitrogen and oxygen atoms in total. The quantitative estimate of drug-likeness (QED) is 0.137. The Balaban J connectivity index is 1.44. The molecule has 1 fully saturated rings. The van der Waals surface area contributed by atoms with Crippen molar-refractivity contribution in [3.8, 4) is 0 Å². The summed E-state index contributed by atoms with van der Waals surface area (Å²) >= 11 is 0. The Morgan fingerprint density at radius 1 is 0.532 bits per heavy atom. The average Bonchev–Trinajstić information content (AvgIpc) is 3.11. The predicted molar refractivity (Wildman–Crippen MR) is 173 cm³/mol. The van der Waals surface area contributed by atoms with E-state index in [9.17, 15) is 9.59 Å². The van der Waals surface area contributed by atoms with Crippen LogP contribution in [0.4, 0.5) is 0 Å². The lowest BCUT2D eigenvalue weighted by Crippen LogP contribution is -2.61. The Morgan fingerprint density at radius 2 is 0.936 bits per heavy atom. The van der Waals surface area contributed by atoms with E-state index < -0.39 is 42.6 Å². The molecule has 0 aromatic heterocycles. The smallest absolute Gasteiger partial charge is 0.306 e. The molecule has 0 bridgehead atoms. The van der Waals surface area contributed by atoms with Crippen LogP contribution in [-0.2, 0) is 64.4 Å². The monoisotopic (exact) mass is 640 g/mol. The number of hydrogen-bond donors (Lipinski definition) is 1. The van der Waals surface area contributed by atoms with Gasteiger partial charge in [0.15, 0.2) is 6.29 Å². The van der Waals surface area contributed by atoms with Crippen LogP contribution in [0, 0.1) is 0 Å². The van der Waals surface area contributed by atoms with Crippen LogP contribution in [0.5, 0.6) is 0 Å². The lowest BCUT2D eigenvalue weighted by molar-refractivity contribution is -0.329. The second kappa shape index (κ2) is 18.1. The topological polar surface area (TPSA) is 110 Å². The van der Waals surface area contributed by atoms with E-state index in [-0.39, 0.29) is 45.9 Å². The molecule has 0 amide bonds. The molecule has 5 rings (SSSR count). The Bertz CT molecular complexity index is 1490. The second-order valence-electron chi connectivity index (χ2n) is 11.2. The number of benzene rings is 4. The first-order chi connectivity index (χ1) is 23.0. The number of rotatable bonds is 17. The number of aliphatic carboxylic acids is 1. The van der Waals surface area contributed by atoms with Gasteiger partial charge >= 0.3 is 11.9 Å². The first kappa shape index (κ1) is 34.0. The maximum absolute atomic E-state index is 12.5. The summed E-state index contributed by atoms with van der Waals surface area (Å²) in [6, 6.07) is 39.0. The number of carbonyl (C=O) groups is 2. The molecule has 1 N–H and O–H groups in total. The molecule has 246 valence electrons. The zero-order chi connectivity index (χ0) is 32.7. The van der Waals surface area contributed by atoms with Gasteiger partial charge in [-0.3, -0.25) is 9.59 Å². The summed E-state index contributed by atoms with van der Waals surface area (Å²) < 4.78 is 38.2. The summed E-state index contributed by atoms with van der Waals surface area (Å²) in [5.41, 5.74) is 3.81. The zero-order valence-corrected chi connectivity index (χ0v) is 26.1. The molecular weight excluding hydrogens is 600 g/mol. The van der Waals surface area contributed by atoms with Crippen LogP contribution in [0.3, 0.4) is 0 Å². The normalized spacial score (nSPS) is 20.8. The van der Waals surface area contributed by atoms with E-state index >= 15 is 0 Å². The lowest BCUT2D eigenvalue weighted by atomic mass is 9.97. The molecule has 1 aliphatic rings. The zero-order valence-electron chi connectivity index (χ0n) is 26.1. The van der Waals surface area contributed by atoms with E-state index in [1.165, 1.54) is 0 Å². The molecule has 0 radical (unpaired) electrons. The Morgan fingerprint density at radius 3 is 1.38 bits per heavy atom. The van der Waals surface area contributed by atoms with Crippen molar-refractivity contribution >= 4 is 11.9 Å². The molecule has 0 aliphatic carbocycles. The van der Waals surface area contributed by atoms with Crippen molar-refractivity contribution in [3.05, 3.63) is 144 Å². The molecule has 0 spiro atoms. The third-order valence-electron chi connectivity index (χ3n) is 7.66. The first-order valence-corrected chi connectivity index (χ1v) is 15.7. The number of ether oxygens (including phenoxy) is 6. The number of esters is 1. The highest BCUT2D eigenvalue weighted by atomic mass is 16.7. The fraction of sp³-hybridized carbons (Fsp3) is 0.316. The summed E-state index contributed by atoms with van der Waals surface area (Å²) in [5, 5.41) is 9.04. The largest absolute Gasteiger partial charge is 0.481 e. The van der Waals surface area contributed by atoms with Gasteiger partial charge in [0.05, 0.1) is 39.3 Å². The molecule has 1 heterocycles. The SMILES string of the molecule is O=C(O)CCC(=O)OCC1O[C@@H](OCc2ccccc2)C(OCc2ccccc2)C(OCc2ccccc2)[C@@H]1OCc1ccccc1. The van der Waals surface area contributed by atoms with Crippen molar-refractivity contribution in [3.63, 3.8) is 0 Å². The first-order valence-electron chi connectivity index (χ1n) is 15.7. The van der Waals surface area contributed by atoms with E-state index in [4.69, 9.17) is 33.5 Å². The van der Waals surface area contributed by atoms with Crippen LogP contribution in [0.25, 0.3) is 0 Å². The van der Waals surface area contributed by atoms with Crippen molar-refractivity contribution in [1.29, 1.82) is 0 Å². The van der Waals surface area contributed by atoms with Crippen LogP contribution in [0.15, 0.2) is 121 Å². The van der Waals surface area contributed by atoms with Gasteiger partial charge in [0.1, 0.15) is 31.0 Å². The van der Waals surface area contributed by atoms with Gasteiger partial charge in [-0.2, -0.15) is 0 Å². The number of carboxylic acid groups (broad SMARTS) is 1. The minimum atomic E-state index is -1.08. The molecule has 9 heteroatoms. The fourth-order valence-electron chi connectivity index (χ4n) is 5.22. The molecule has 1 saturated heterocycles. The highest BCUT2D eigenvalue weighted by Crippen LogP contribution is 2.32. The Labute approximate surface area is 275 Å². The third kappa shape index (κ3) is 10.8. The highest BCUT2D eigenvalue weighted by molar-refractivity contribution is 5.76. The van der Waals surface area contributed by atoms with E-state index in [2.05, 4.69) is 0 Å². The van der Waals surface area contributed by atoms with Crippen LogP contribution in [0.2, 0.25) is 0 Å². The molecule has 4 aromatic rings. The van der Waals surface area contributed by atoms with Crippen molar-refractivity contribution < 1.29 is 43.1 Å². The maximum atomic E-state index is 12.5. The summed E-state index contributed by atoms with van der Waals surface area (Å²) in [4.78, 5) is 23.6. The van der Waals surface area contributed by atoms with Crippen LogP contribution in [0.1, 0.15) is 35.1 Å². The second-order valence-corrected chi connectivity index (χ2v) is 11.2. The Kier molecular flexibility index (Phi) is 13.1. The fourth-order valence-corrected chi connectivity index (χ4v) is 5.22. The summed E-state index contributed by atoms with van der Waals surface area (Å²) in [6.45, 7) is 0.816. The summed E-state index contributed by atoms with van der Waals surface area (Å²) in [5.74, 6) is -1.73. The molecule has 4 aromatic carbocycles. The van der Waals surface area contributed by atoms with Gasteiger partial charge in [-0.25, -0.2) is 0 Å². The van der Waals surface area contributed by atoms with Gasteiger partial charge in [0.2, 0.25) is 0 Å². The van der Waals surface area contributed by atoms with Gasteiger partial charge in [-0.15, -0.1) is 0 Å². The molecule has 1 aliphatic heterocycles. The van der Waals surface area contributed by atoms with E-state index in [1.807, 2.05) is 121 Å². The standard InChI is InChI=1S/C38H40O9/c39-33(40)21-22-34(41)42-27-32-35(43-23-28-13-5-1-6-14-28)36(44-24-29-15-7-2-8-16-29)37(45-25-30-17-9-3-10-18-30)38(47-32)46-26-31-19-11-4-12-20-31/h1-20,32,35-38H,21-27H2,(H,39,40)/t32?,35-,36?,37?,38-/m1/s1. The van der Waals surface area contributed by atoms with Gasteiger partial charge in [0.25, 0.3) is 0 Å². The average molecular weight is 641 g/mol. The van der Waals surface area contributed by atoms with Crippen molar-refractivity contribution in [2.75, 3.05) is 6.61 Å². The van der Waals surface area contributed by atoms with Gasteiger partial charge < -0.3 is 33.5 Å². The summed E-state index contributed by atoms with van der Waals surface area (Å²) in [7, 11) is 0. The number of carboxylic acids is 1. The van der Waals surface area contributed by atoms with Gasteiger partial charge in [-0.05, 0) is 22.3 Å². The lowest BCUT2D eigenvalue weighted by Gasteiger charge is -2.45. The molecular formula is C38H40O9. The van der Waals surface area contributed by atoms with E-state index in [1.54, 1.807) is 0 Å². The third-order valence-corrected chi connectivity index (χ3v) is 7.66. The molecule has 3 unspecified atom stereocenters. The molecule has 5 atom stereocenters. The van der Waals surface area contributed by atoms with Gasteiger partial charge in [-0.1, -0.05) is 121 Å². The maximum Gasteiger partial charge on any atom is 0.306 e. The number of carbonyl (C=O) groups excluding carboxylic acids is 1. The van der Waals surface area contributed by atoms with Gasteiger partial charge in [0, 0.05) is 0 Å². The molecule has 0 saturated carbocycles. The van der Waals surface area contributed by atoms with Crippen LogP contribution >= 0.6 is 0 Å². The van der Waals surface area contributed by atoms with Crippen molar-refractivity contribution in [2.45, 2.75) is 70.0 Å². The molecule has 47 heavy (non-hydrogen) atoms. The minimum Gasteiger partial charge on any atom is -0.481 e. The van der Waals surface area contributed by atoms with E-state index in [0.717, 1.165) is 22.3 Å². The minimum absolute atomic E-state index is 0.195. The Hall–Kier alpha value is -4.38. The predicted octanol–water partition coefficient (Wildman–Crippen LogP) is 6.09. The van der Waals surface area contributed by atoms with Crippen LogP contribution in [-0.4, -0.2) is 54.4 Å².